The van der Waals surface area contributed by atoms with E-state index in [0.717, 1.165) is 17.8 Å². The van der Waals surface area contributed by atoms with E-state index in [9.17, 15) is 8.78 Å². The SMILES string of the molecule is CC1CCC(C2CCC(c3ccc(C(F)(F)Oc4cc[c-]cc4)cc3)CC2)CC1.[Y]. The molecular formula is C26H31F2OY-. The zero-order chi connectivity index (χ0) is 20.3. The molecule has 159 valence electrons. The van der Waals surface area contributed by atoms with Crippen LogP contribution < -0.4 is 4.74 Å². The molecule has 1 radical (unpaired) electrons. The second-order valence-corrected chi connectivity index (χ2v) is 9.11. The minimum absolute atomic E-state index is 0. The quantitative estimate of drug-likeness (QED) is 0.394. The van der Waals surface area contributed by atoms with E-state index in [4.69, 9.17) is 4.74 Å². The molecule has 0 aliphatic heterocycles. The Balaban J connectivity index is 0.00000256. The molecule has 30 heavy (non-hydrogen) atoms. The molecule has 0 aromatic heterocycles. The molecule has 0 bridgehead atoms. The fourth-order valence-electron chi connectivity index (χ4n) is 5.28. The van der Waals surface area contributed by atoms with Gasteiger partial charge in [-0.2, -0.15) is 27.0 Å². The number of benzene rings is 2. The summed E-state index contributed by atoms with van der Waals surface area (Å²) in [6.07, 6.45) is 7.20. The van der Waals surface area contributed by atoms with Crippen LogP contribution >= 0.6 is 0 Å². The summed E-state index contributed by atoms with van der Waals surface area (Å²) >= 11 is 0. The zero-order valence-corrected chi connectivity index (χ0v) is 20.7. The van der Waals surface area contributed by atoms with Crippen molar-refractivity contribution in [2.24, 2.45) is 17.8 Å². The molecule has 0 saturated heterocycles. The molecule has 0 heterocycles. The Morgan fingerprint density at radius 1 is 0.800 bits per heavy atom. The summed E-state index contributed by atoms with van der Waals surface area (Å²) in [7, 11) is 0. The van der Waals surface area contributed by atoms with E-state index in [1.807, 2.05) is 12.1 Å². The van der Waals surface area contributed by atoms with Gasteiger partial charge in [0.15, 0.2) is 0 Å². The number of hydrogen-bond donors (Lipinski definition) is 0. The van der Waals surface area contributed by atoms with Gasteiger partial charge in [0, 0.05) is 38.5 Å². The second kappa shape index (κ2) is 10.7. The maximum atomic E-state index is 14.5. The molecule has 0 spiro atoms. The van der Waals surface area contributed by atoms with Gasteiger partial charge in [-0.05, 0) is 79.9 Å². The largest absolute Gasteiger partial charge is 0.456 e. The molecule has 4 heteroatoms. The summed E-state index contributed by atoms with van der Waals surface area (Å²) in [6, 6.07) is 15.7. The Morgan fingerprint density at radius 2 is 1.33 bits per heavy atom. The molecule has 2 aliphatic carbocycles. The first-order chi connectivity index (χ1) is 14.0. The molecule has 0 unspecified atom stereocenters. The van der Waals surface area contributed by atoms with Crippen LogP contribution in [0.15, 0.2) is 48.5 Å². The van der Waals surface area contributed by atoms with Crippen molar-refractivity contribution in [2.45, 2.75) is 70.3 Å². The molecule has 2 aromatic carbocycles. The molecule has 0 N–H and O–H groups in total. The van der Waals surface area contributed by atoms with Gasteiger partial charge < -0.3 is 4.74 Å². The van der Waals surface area contributed by atoms with Gasteiger partial charge in [0.2, 0.25) is 0 Å². The molecule has 1 nitrogen and oxygen atoms in total. The third-order valence-electron chi connectivity index (χ3n) is 7.15. The van der Waals surface area contributed by atoms with E-state index in [1.165, 1.54) is 81.2 Å². The normalized spacial score (nSPS) is 27.2. The first-order valence-electron chi connectivity index (χ1n) is 11.1. The van der Waals surface area contributed by atoms with Gasteiger partial charge in [0.25, 0.3) is 0 Å². The zero-order valence-electron chi connectivity index (χ0n) is 17.8. The fourth-order valence-corrected chi connectivity index (χ4v) is 5.28. The van der Waals surface area contributed by atoms with Gasteiger partial charge in [0.1, 0.15) is 0 Å². The van der Waals surface area contributed by atoms with E-state index < -0.39 is 6.11 Å². The smallest absolute Gasteiger partial charge is 0.424 e. The summed E-state index contributed by atoms with van der Waals surface area (Å²) in [5, 5.41) is 0. The Morgan fingerprint density at radius 3 is 1.90 bits per heavy atom. The van der Waals surface area contributed by atoms with Crippen LogP contribution in [0.2, 0.25) is 0 Å². The van der Waals surface area contributed by atoms with Crippen molar-refractivity contribution in [1.29, 1.82) is 0 Å². The number of halogens is 2. The summed E-state index contributed by atoms with van der Waals surface area (Å²) in [6.45, 7) is 2.38. The van der Waals surface area contributed by atoms with Crippen molar-refractivity contribution < 1.29 is 46.2 Å². The molecule has 4 rings (SSSR count). The standard InChI is InChI=1S/C26H31F2O.Y/c1-19-7-9-20(10-8-19)21-11-13-22(14-12-21)23-15-17-24(18-16-23)26(27,28)29-25-5-3-2-4-6-25;/h3-6,15-22H,7-14H2,1H3;/q-1;. The van der Waals surface area contributed by atoms with Crippen LogP contribution in [-0.4, -0.2) is 0 Å². The van der Waals surface area contributed by atoms with Crippen LogP contribution in [-0.2, 0) is 38.8 Å². The van der Waals surface area contributed by atoms with Crippen LogP contribution in [0.5, 0.6) is 5.75 Å². The van der Waals surface area contributed by atoms with Crippen LogP contribution in [0, 0.1) is 23.8 Å². The van der Waals surface area contributed by atoms with Gasteiger partial charge >= 0.3 is 6.11 Å². The minimum atomic E-state index is -3.34. The Kier molecular flexibility index (Phi) is 8.50. The average Bonchev–Trinajstić information content (AvgIpc) is 2.75. The number of alkyl halides is 2. The Labute approximate surface area is 204 Å². The Hall–Kier alpha value is -0.796. The topological polar surface area (TPSA) is 9.23 Å². The maximum absolute atomic E-state index is 14.5. The van der Waals surface area contributed by atoms with Gasteiger partial charge in [-0.15, -0.1) is 12.1 Å². The Bertz CT molecular complexity index is 761. The van der Waals surface area contributed by atoms with Crippen molar-refractivity contribution in [3.05, 3.63) is 65.7 Å². The number of hydrogen-bond acceptors (Lipinski definition) is 1. The van der Waals surface area contributed by atoms with E-state index in [2.05, 4.69) is 13.0 Å². The molecule has 0 amide bonds. The van der Waals surface area contributed by atoms with E-state index in [-0.39, 0.29) is 44.0 Å². The van der Waals surface area contributed by atoms with Gasteiger partial charge in [0.05, 0.1) is 5.56 Å². The minimum Gasteiger partial charge on any atom is -0.456 e. The summed E-state index contributed by atoms with van der Waals surface area (Å²) in [5.41, 5.74) is 1.09. The number of rotatable bonds is 5. The van der Waals surface area contributed by atoms with Crippen LogP contribution in [0.4, 0.5) is 8.78 Å². The van der Waals surface area contributed by atoms with Crippen LogP contribution in [0.1, 0.15) is 75.3 Å². The average molecular weight is 486 g/mol. The maximum Gasteiger partial charge on any atom is 0.424 e. The van der Waals surface area contributed by atoms with Crippen molar-refractivity contribution >= 4 is 0 Å². The van der Waals surface area contributed by atoms with Crippen molar-refractivity contribution in [3.8, 4) is 5.75 Å². The molecule has 0 atom stereocenters. The van der Waals surface area contributed by atoms with Crippen molar-refractivity contribution in [1.82, 2.24) is 0 Å². The van der Waals surface area contributed by atoms with Gasteiger partial charge in [-0.1, -0.05) is 31.9 Å². The third kappa shape index (κ3) is 5.91. The van der Waals surface area contributed by atoms with Gasteiger partial charge in [-0.3, -0.25) is 0 Å². The molecule has 2 saturated carbocycles. The van der Waals surface area contributed by atoms with E-state index in [0.29, 0.717) is 5.92 Å². The first kappa shape index (κ1) is 23.9. The van der Waals surface area contributed by atoms with Crippen LogP contribution in [0.25, 0.3) is 0 Å². The molecular weight excluding hydrogens is 455 g/mol. The number of ether oxygens (including phenoxy) is 1. The fraction of sp³-hybridized carbons (Fsp3) is 0.538. The molecule has 2 aliphatic rings. The molecule has 2 fully saturated rings. The third-order valence-corrected chi connectivity index (χ3v) is 7.15. The van der Waals surface area contributed by atoms with E-state index >= 15 is 0 Å². The predicted molar refractivity (Wildman–Crippen MR) is 112 cm³/mol. The summed E-state index contributed by atoms with van der Waals surface area (Å²) < 4.78 is 33.8. The monoisotopic (exact) mass is 486 g/mol. The van der Waals surface area contributed by atoms with Crippen molar-refractivity contribution in [3.63, 3.8) is 0 Å². The van der Waals surface area contributed by atoms with Crippen LogP contribution in [0.3, 0.4) is 0 Å². The van der Waals surface area contributed by atoms with Gasteiger partial charge in [-0.25, -0.2) is 0 Å². The van der Waals surface area contributed by atoms with Crippen molar-refractivity contribution in [2.75, 3.05) is 0 Å². The van der Waals surface area contributed by atoms with E-state index in [1.54, 1.807) is 12.1 Å². The second-order valence-electron chi connectivity index (χ2n) is 9.11. The summed E-state index contributed by atoms with van der Waals surface area (Å²) in [5.74, 6) is 3.35. The molecule has 2 aromatic rings. The summed E-state index contributed by atoms with van der Waals surface area (Å²) in [4.78, 5) is 0. The first-order valence-corrected chi connectivity index (χ1v) is 11.1. The predicted octanol–water partition coefficient (Wildman–Crippen LogP) is 7.71.